The van der Waals surface area contributed by atoms with E-state index in [9.17, 15) is 14.4 Å². The first-order valence-corrected chi connectivity index (χ1v) is 7.79. The maximum atomic E-state index is 12.3. The number of rotatable bonds is 4. The second-order valence-electron chi connectivity index (χ2n) is 5.43. The fourth-order valence-corrected chi connectivity index (χ4v) is 2.44. The number of carbonyl (C=O) groups excluding carboxylic acids is 3. The fraction of sp³-hybridized carbons (Fsp3) is 0.167. The van der Waals surface area contributed by atoms with Crippen molar-refractivity contribution in [2.24, 2.45) is 0 Å². The Bertz CT molecular complexity index is 876. The Morgan fingerprint density at radius 2 is 1.41 bits per heavy atom. The van der Waals surface area contributed by atoms with Crippen LogP contribution in [-0.4, -0.2) is 39.0 Å². The van der Waals surface area contributed by atoms with Crippen LogP contribution in [0.1, 0.15) is 20.7 Å². The minimum absolute atomic E-state index is 0.0961. The Morgan fingerprint density at radius 1 is 0.815 bits per heavy atom. The van der Waals surface area contributed by atoms with Gasteiger partial charge in [-0.1, -0.05) is 0 Å². The van der Waals surface area contributed by atoms with Gasteiger partial charge in [0.1, 0.15) is 0 Å². The van der Waals surface area contributed by atoms with E-state index in [2.05, 4.69) is 20.1 Å². The van der Waals surface area contributed by atoms with E-state index in [0.29, 0.717) is 17.2 Å². The zero-order chi connectivity index (χ0) is 19.4. The van der Waals surface area contributed by atoms with Gasteiger partial charge in [0.25, 0.3) is 0 Å². The van der Waals surface area contributed by atoms with Crippen LogP contribution < -0.4 is 20.1 Å². The van der Waals surface area contributed by atoms with Crippen LogP contribution in [0.25, 0.3) is 0 Å². The normalized spacial score (nSPS) is 11.5. The minimum Gasteiger partial charge on any atom is -0.465 e. The van der Waals surface area contributed by atoms with Crippen LogP contribution in [0.5, 0.6) is 11.5 Å². The molecule has 0 unspecified atom stereocenters. The summed E-state index contributed by atoms with van der Waals surface area (Å²) in [5.41, 5.74) is 0.892. The molecular formula is C18H16N2O7. The van der Waals surface area contributed by atoms with Crippen molar-refractivity contribution in [3.63, 3.8) is 0 Å². The Kier molecular flexibility index (Phi) is 5.11. The van der Waals surface area contributed by atoms with Crippen molar-refractivity contribution in [3.05, 3.63) is 47.5 Å². The lowest BCUT2D eigenvalue weighted by Crippen LogP contribution is -2.20. The van der Waals surface area contributed by atoms with Crippen molar-refractivity contribution in [1.82, 2.24) is 0 Å². The predicted octanol–water partition coefficient (Wildman–Crippen LogP) is 2.63. The van der Waals surface area contributed by atoms with E-state index in [1.54, 1.807) is 18.2 Å². The molecule has 2 aromatic carbocycles. The molecule has 1 aliphatic heterocycles. The summed E-state index contributed by atoms with van der Waals surface area (Å²) in [5.74, 6) is -0.192. The maximum absolute atomic E-state index is 12.3. The maximum Gasteiger partial charge on any atom is 0.337 e. The summed E-state index contributed by atoms with van der Waals surface area (Å²) in [6.45, 7) is 0.127. The van der Waals surface area contributed by atoms with Crippen LogP contribution >= 0.6 is 0 Å². The Balaban J connectivity index is 1.78. The van der Waals surface area contributed by atoms with Gasteiger partial charge in [-0.3, -0.25) is 0 Å². The molecule has 0 atom stereocenters. The molecule has 0 spiro atoms. The highest BCUT2D eigenvalue weighted by Crippen LogP contribution is 2.34. The highest BCUT2D eigenvalue weighted by molar-refractivity contribution is 6.03. The van der Waals surface area contributed by atoms with Crippen LogP contribution in [0.15, 0.2) is 36.4 Å². The second kappa shape index (κ2) is 7.65. The van der Waals surface area contributed by atoms with Gasteiger partial charge in [0.15, 0.2) is 11.5 Å². The third-order valence-corrected chi connectivity index (χ3v) is 3.66. The molecule has 0 saturated heterocycles. The fourth-order valence-electron chi connectivity index (χ4n) is 2.44. The van der Waals surface area contributed by atoms with Gasteiger partial charge in [-0.05, 0) is 30.3 Å². The first-order valence-electron chi connectivity index (χ1n) is 7.79. The molecule has 2 N–H and O–H groups in total. The van der Waals surface area contributed by atoms with Gasteiger partial charge in [0.2, 0.25) is 6.79 Å². The molecule has 27 heavy (non-hydrogen) atoms. The second-order valence-corrected chi connectivity index (χ2v) is 5.43. The monoisotopic (exact) mass is 372 g/mol. The van der Waals surface area contributed by atoms with E-state index in [1.165, 1.54) is 32.4 Å². The number of hydrogen-bond donors (Lipinski definition) is 2. The van der Waals surface area contributed by atoms with Gasteiger partial charge in [0, 0.05) is 17.4 Å². The van der Waals surface area contributed by atoms with Crippen LogP contribution in [0.2, 0.25) is 0 Å². The standard InChI is InChI=1S/C18H16N2O7/c1-24-16(21)10-5-11(17(22)25-2)7-13(6-10)20-18(23)19-12-3-4-14-15(8-12)27-9-26-14/h3-8H,9H2,1-2H3,(H2,19,20,23). The van der Waals surface area contributed by atoms with Gasteiger partial charge >= 0.3 is 18.0 Å². The minimum atomic E-state index is -0.653. The number of esters is 2. The summed E-state index contributed by atoms with van der Waals surface area (Å²) in [5, 5.41) is 5.19. The number of amides is 2. The SMILES string of the molecule is COC(=O)c1cc(NC(=O)Nc2ccc3c(c2)OCO3)cc(C(=O)OC)c1. The molecular weight excluding hydrogens is 356 g/mol. The molecule has 0 radical (unpaired) electrons. The molecule has 2 aromatic rings. The first-order chi connectivity index (χ1) is 13.0. The first kappa shape index (κ1) is 18.1. The Hall–Kier alpha value is -3.75. The average Bonchev–Trinajstić information content (AvgIpc) is 3.14. The zero-order valence-corrected chi connectivity index (χ0v) is 14.5. The highest BCUT2D eigenvalue weighted by atomic mass is 16.7. The number of benzene rings is 2. The molecule has 9 heteroatoms. The summed E-state index contributed by atoms with van der Waals surface area (Å²) in [4.78, 5) is 35.8. The largest absolute Gasteiger partial charge is 0.465 e. The molecule has 140 valence electrons. The van der Waals surface area contributed by atoms with Crippen LogP contribution in [0, 0.1) is 0 Å². The van der Waals surface area contributed by atoms with Crippen LogP contribution in [0.3, 0.4) is 0 Å². The van der Waals surface area contributed by atoms with Gasteiger partial charge in [-0.25, -0.2) is 14.4 Å². The summed E-state index contributed by atoms with van der Waals surface area (Å²) in [6, 6.07) is 8.45. The molecule has 2 amide bonds. The van der Waals surface area contributed by atoms with E-state index < -0.39 is 18.0 Å². The lowest BCUT2D eigenvalue weighted by molar-refractivity contribution is 0.0599. The number of urea groups is 1. The van der Waals surface area contributed by atoms with E-state index in [4.69, 9.17) is 9.47 Å². The number of fused-ring (bicyclic) bond motifs is 1. The lowest BCUT2D eigenvalue weighted by atomic mass is 10.1. The van der Waals surface area contributed by atoms with Gasteiger partial charge in [0.05, 0.1) is 25.3 Å². The predicted molar refractivity (Wildman–Crippen MR) is 94.3 cm³/mol. The Morgan fingerprint density at radius 3 is 2.04 bits per heavy atom. The smallest absolute Gasteiger partial charge is 0.337 e. The number of carbonyl (C=O) groups is 3. The number of nitrogens with one attached hydrogen (secondary N) is 2. The molecule has 0 bridgehead atoms. The van der Waals surface area contributed by atoms with Gasteiger partial charge < -0.3 is 29.6 Å². The zero-order valence-electron chi connectivity index (χ0n) is 14.5. The number of anilines is 2. The van der Waals surface area contributed by atoms with Crippen LogP contribution in [-0.2, 0) is 9.47 Å². The quantitative estimate of drug-likeness (QED) is 0.793. The lowest BCUT2D eigenvalue weighted by Gasteiger charge is -2.11. The molecule has 1 aliphatic rings. The van der Waals surface area contributed by atoms with Crippen molar-refractivity contribution < 1.29 is 33.3 Å². The summed E-state index contributed by atoms with van der Waals surface area (Å²) in [6.07, 6.45) is 0. The summed E-state index contributed by atoms with van der Waals surface area (Å²) in [7, 11) is 2.43. The van der Waals surface area contributed by atoms with Crippen molar-refractivity contribution in [2.75, 3.05) is 31.6 Å². The van der Waals surface area contributed by atoms with Crippen molar-refractivity contribution in [3.8, 4) is 11.5 Å². The molecule has 0 saturated carbocycles. The van der Waals surface area contributed by atoms with Crippen LogP contribution in [0.4, 0.5) is 16.2 Å². The number of methoxy groups -OCH3 is 2. The topological polar surface area (TPSA) is 112 Å². The van der Waals surface area contributed by atoms with E-state index in [1.807, 2.05) is 0 Å². The number of ether oxygens (including phenoxy) is 4. The van der Waals surface area contributed by atoms with Gasteiger partial charge in [-0.2, -0.15) is 0 Å². The van der Waals surface area contributed by atoms with E-state index >= 15 is 0 Å². The third kappa shape index (κ3) is 4.09. The van der Waals surface area contributed by atoms with E-state index in [0.717, 1.165) is 0 Å². The van der Waals surface area contributed by atoms with E-state index in [-0.39, 0.29) is 23.6 Å². The third-order valence-electron chi connectivity index (χ3n) is 3.66. The molecule has 0 fully saturated rings. The average molecular weight is 372 g/mol. The Labute approximate surface area is 154 Å². The van der Waals surface area contributed by atoms with Gasteiger partial charge in [-0.15, -0.1) is 0 Å². The van der Waals surface area contributed by atoms with Crippen molar-refractivity contribution in [1.29, 1.82) is 0 Å². The molecule has 0 aliphatic carbocycles. The summed E-state index contributed by atoms with van der Waals surface area (Å²) < 4.78 is 19.8. The number of hydrogen-bond acceptors (Lipinski definition) is 7. The molecule has 3 rings (SSSR count). The molecule has 9 nitrogen and oxygen atoms in total. The molecule has 1 heterocycles. The van der Waals surface area contributed by atoms with Crippen molar-refractivity contribution >= 4 is 29.3 Å². The molecule has 0 aromatic heterocycles. The highest BCUT2D eigenvalue weighted by Gasteiger charge is 2.16. The summed E-state index contributed by atoms with van der Waals surface area (Å²) >= 11 is 0. The van der Waals surface area contributed by atoms with Crippen molar-refractivity contribution in [2.45, 2.75) is 0 Å².